The van der Waals surface area contributed by atoms with Gasteiger partial charge in [-0.05, 0) is 62.4 Å². The van der Waals surface area contributed by atoms with E-state index in [9.17, 15) is 8.42 Å². The maximum absolute atomic E-state index is 12.3. The Hall–Kier alpha value is -0.910. The van der Waals surface area contributed by atoms with E-state index < -0.39 is 10.0 Å². The summed E-state index contributed by atoms with van der Waals surface area (Å²) in [5, 5.41) is 0. The quantitative estimate of drug-likeness (QED) is 0.774. The van der Waals surface area contributed by atoms with E-state index in [1.165, 1.54) is 0 Å². The van der Waals surface area contributed by atoms with Crippen molar-refractivity contribution in [3.63, 3.8) is 0 Å². The van der Waals surface area contributed by atoms with Gasteiger partial charge in [0.25, 0.3) is 0 Å². The maximum Gasteiger partial charge on any atom is 0.240 e. The molecule has 5 heteroatoms. The fourth-order valence-corrected chi connectivity index (χ4v) is 3.39. The second kappa shape index (κ2) is 7.76. The van der Waals surface area contributed by atoms with Crippen molar-refractivity contribution in [1.82, 2.24) is 4.72 Å². The lowest BCUT2D eigenvalue weighted by Crippen LogP contribution is -2.30. The molecule has 3 N–H and O–H groups in total. The lowest BCUT2D eigenvalue weighted by Gasteiger charge is -2.16. The number of nitrogens with one attached hydrogen (secondary N) is 1. The highest BCUT2D eigenvalue weighted by molar-refractivity contribution is 7.89. The zero-order valence-corrected chi connectivity index (χ0v) is 13.5. The lowest BCUT2D eigenvalue weighted by atomic mass is 10.0. The predicted octanol–water partition coefficient (Wildman–Crippen LogP) is 2.35. The molecule has 0 aliphatic heterocycles. The minimum Gasteiger partial charge on any atom is -0.330 e. The number of aryl methyl sites for hydroxylation is 2. The van der Waals surface area contributed by atoms with E-state index in [0.717, 1.165) is 30.4 Å². The summed E-state index contributed by atoms with van der Waals surface area (Å²) in [7, 11) is -3.42. The zero-order valence-electron chi connectivity index (χ0n) is 12.6. The van der Waals surface area contributed by atoms with Crippen LogP contribution in [0.3, 0.4) is 0 Å². The van der Waals surface area contributed by atoms with Crippen LogP contribution >= 0.6 is 0 Å². The number of hydrogen-bond acceptors (Lipinski definition) is 3. The molecule has 1 aromatic carbocycles. The number of nitrogens with two attached hydrogens (primary N) is 1. The molecule has 0 saturated heterocycles. The summed E-state index contributed by atoms with van der Waals surface area (Å²) in [5.41, 5.74) is 7.65. The van der Waals surface area contributed by atoms with Gasteiger partial charge in [-0.1, -0.05) is 19.4 Å². The van der Waals surface area contributed by atoms with Gasteiger partial charge >= 0.3 is 0 Å². The Bertz CT molecular complexity index is 521. The first-order chi connectivity index (χ1) is 9.40. The maximum atomic E-state index is 12.3. The molecule has 1 unspecified atom stereocenters. The third kappa shape index (κ3) is 4.89. The molecule has 0 fully saturated rings. The molecule has 0 saturated carbocycles. The van der Waals surface area contributed by atoms with Crippen LogP contribution in [0, 0.1) is 19.8 Å². The fraction of sp³-hybridized carbons (Fsp3) is 0.600. The highest BCUT2D eigenvalue weighted by Crippen LogP contribution is 2.16. The van der Waals surface area contributed by atoms with Crippen LogP contribution in [-0.4, -0.2) is 21.5 Å². The summed E-state index contributed by atoms with van der Waals surface area (Å²) in [6.45, 7) is 7.04. The molecular weight excluding hydrogens is 272 g/mol. The predicted molar refractivity (Wildman–Crippen MR) is 83.2 cm³/mol. The molecule has 0 aliphatic rings. The van der Waals surface area contributed by atoms with Crippen molar-refractivity contribution in [2.75, 3.05) is 13.1 Å². The molecule has 1 aromatic rings. The van der Waals surface area contributed by atoms with Crippen LogP contribution in [0.4, 0.5) is 0 Å². The second-order valence-electron chi connectivity index (χ2n) is 5.33. The van der Waals surface area contributed by atoms with Crippen LogP contribution in [0.25, 0.3) is 0 Å². The summed E-state index contributed by atoms with van der Waals surface area (Å²) in [6, 6.07) is 5.21. The minimum atomic E-state index is -3.42. The number of hydrogen-bond donors (Lipinski definition) is 2. The van der Waals surface area contributed by atoms with Crippen LogP contribution in [0.2, 0.25) is 0 Å². The minimum absolute atomic E-state index is 0.311. The summed E-state index contributed by atoms with van der Waals surface area (Å²) in [4.78, 5) is 0.337. The standard InChI is InChI=1S/C15H26N2O2S/c1-4-5-14(8-9-16)11-17-20(18,19)15-7-6-12(2)13(3)10-15/h6-7,10,14,17H,4-5,8-9,11,16H2,1-3H3. The molecule has 0 amide bonds. The zero-order chi connectivity index (χ0) is 15.2. The topological polar surface area (TPSA) is 72.2 Å². The molecule has 1 atom stereocenters. The van der Waals surface area contributed by atoms with Crippen molar-refractivity contribution in [2.24, 2.45) is 11.7 Å². The van der Waals surface area contributed by atoms with E-state index in [-0.39, 0.29) is 0 Å². The SMILES string of the molecule is CCCC(CCN)CNS(=O)(=O)c1ccc(C)c(C)c1. The Balaban J connectivity index is 2.75. The van der Waals surface area contributed by atoms with Gasteiger partial charge in [-0.25, -0.2) is 13.1 Å². The van der Waals surface area contributed by atoms with E-state index in [1.54, 1.807) is 12.1 Å². The molecule has 0 aromatic heterocycles. The Kier molecular flexibility index (Phi) is 6.65. The van der Waals surface area contributed by atoms with Crippen LogP contribution in [-0.2, 0) is 10.0 Å². The summed E-state index contributed by atoms with van der Waals surface area (Å²) >= 11 is 0. The molecule has 1 rings (SSSR count). The lowest BCUT2D eigenvalue weighted by molar-refractivity contribution is 0.443. The van der Waals surface area contributed by atoms with Crippen molar-refractivity contribution in [1.29, 1.82) is 0 Å². The Morgan fingerprint density at radius 2 is 1.90 bits per heavy atom. The van der Waals surface area contributed by atoms with E-state index in [0.29, 0.717) is 23.9 Å². The average Bonchev–Trinajstić information content (AvgIpc) is 2.39. The van der Waals surface area contributed by atoms with Gasteiger partial charge in [0.15, 0.2) is 0 Å². The Morgan fingerprint density at radius 1 is 1.20 bits per heavy atom. The first kappa shape index (κ1) is 17.1. The van der Waals surface area contributed by atoms with Gasteiger partial charge < -0.3 is 5.73 Å². The van der Waals surface area contributed by atoms with Crippen LogP contribution in [0.15, 0.2) is 23.1 Å². The second-order valence-corrected chi connectivity index (χ2v) is 7.10. The molecule has 0 spiro atoms. The summed E-state index contributed by atoms with van der Waals surface area (Å²) in [6.07, 6.45) is 2.88. The number of benzene rings is 1. The molecule has 0 bridgehead atoms. The smallest absolute Gasteiger partial charge is 0.240 e. The van der Waals surface area contributed by atoms with Crippen LogP contribution in [0.1, 0.15) is 37.3 Å². The molecular formula is C15H26N2O2S. The van der Waals surface area contributed by atoms with Gasteiger partial charge in [0.05, 0.1) is 4.90 Å². The van der Waals surface area contributed by atoms with Crippen molar-refractivity contribution >= 4 is 10.0 Å². The molecule has 0 heterocycles. The van der Waals surface area contributed by atoms with Crippen LogP contribution < -0.4 is 10.5 Å². The highest BCUT2D eigenvalue weighted by atomic mass is 32.2. The molecule has 20 heavy (non-hydrogen) atoms. The first-order valence-corrected chi connectivity index (χ1v) is 8.66. The Labute approximate surface area is 122 Å². The normalized spacial score (nSPS) is 13.4. The molecule has 0 aliphatic carbocycles. The van der Waals surface area contributed by atoms with Gasteiger partial charge in [-0.2, -0.15) is 0 Å². The fourth-order valence-electron chi connectivity index (χ4n) is 2.18. The third-order valence-electron chi connectivity index (χ3n) is 3.62. The van der Waals surface area contributed by atoms with E-state index in [1.807, 2.05) is 19.9 Å². The van der Waals surface area contributed by atoms with Gasteiger partial charge in [-0.3, -0.25) is 0 Å². The monoisotopic (exact) mass is 298 g/mol. The van der Waals surface area contributed by atoms with Gasteiger partial charge in [0.1, 0.15) is 0 Å². The first-order valence-electron chi connectivity index (χ1n) is 7.17. The summed E-state index contributed by atoms with van der Waals surface area (Å²) in [5.74, 6) is 0.311. The molecule has 4 nitrogen and oxygen atoms in total. The molecule has 0 radical (unpaired) electrons. The largest absolute Gasteiger partial charge is 0.330 e. The molecule has 114 valence electrons. The summed E-state index contributed by atoms with van der Waals surface area (Å²) < 4.78 is 27.2. The Morgan fingerprint density at radius 3 is 2.45 bits per heavy atom. The van der Waals surface area contributed by atoms with Gasteiger partial charge in [0.2, 0.25) is 10.0 Å². The number of sulfonamides is 1. The third-order valence-corrected chi connectivity index (χ3v) is 5.04. The van der Waals surface area contributed by atoms with Gasteiger partial charge in [-0.15, -0.1) is 0 Å². The average molecular weight is 298 g/mol. The van der Waals surface area contributed by atoms with E-state index >= 15 is 0 Å². The van der Waals surface area contributed by atoms with Crippen molar-refractivity contribution in [3.8, 4) is 0 Å². The number of rotatable bonds is 8. The van der Waals surface area contributed by atoms with Gasteiger partial charge in [0, 0.05) is 6.54 Å². The van der Waals surface area contributed by atoms with E-state index in [4.69, 9.17) is 5.73 Å². The van der Waals surface area contributed by atoms with Crippen molar-refractivity contribution in [2.45, 2.75) is 44.9 Å². The van der Waals surface area contributed by atoms with Crippen molar-refractivity contribution < 1.29 is 8.42 Å². The van der Waals surface area contributed by atoms with Crippen molar-refractivity contribution in [3.05, 3.63) is 29.3 Å². The van der Waals surface area contributed by atoms with Crippen LogP contribution in [0.5, 0.6) is 0 Å². The van der Waals surface area contributed by atoms with E-state index in [2.05, 4.69) is 11.6 Å². The highest BCUT2D eigenvalue weighted by Gasteiger charge is 2.16.